The molecule has 0 spiro atoms. The predicted octanol–water partition coefficient (Wildman–Crippen LogP) is 0.533. The van der Waals surface area contributed by atoms with E-state index in [0.29, 0.717) is 17.9 Å². The molecule has 1 unspecified atom stereocenters. The summed E-state index contributed by atoms with van der Waals surface area (Å²) in [5.41, 5.74) is 6.46. The van der Waals surface area contributed by atoms with Gasteiger partial charge in [0.15, 0.2) is 6.67 Å². The van der Waals surface area contributed by atoms with Crippen LogP contribution in [0.25, 0.3) is 0 Å². The summed E-state index contributed by atoms with van der Waals surface area (Å²) in [6.07, 6.45) is 0.789. The molecule has 1 aromatic heterocycles. The van der Waals surface area contributed by atoms with Gasteiger partial charge in [-0.1, -0.05) is 0 Å². The Morgan fingerprint density at radius 2 is 2.04 bits per heavy atom. The number of nitrogens with two attached hydrogens (primary N) is 1. The minimum atomic E-state index is -0.328. The van der Waals surface area contributed by atoms with Crippen molar-refractivity contribution < 1.29 is 14.4 Å². The van der Waals surface area contributed by atoms with Crippen molar-refractivity contribution in [2.45, 2.75) is 39.5 Å². The van der Waals surface area contributed by atoms with Gasteiger partial charge in [0.2, 0.25) is 10.7 Å². The van der Waals surface area contributed by atoms with Crippen molar-refractivity contribution in [3.05, 3.63) is 40.4 Å². The van der Waals surface area contributed by atoms with E-state index in [0.717, 1.165) is 24.7 Å². The van der Waals surface area contributed by atoms with Crippen LogP contribution in [0.15, 0.2) is 24.3 Å². The van der Waals surface area contributed by atoms with Crippen LogP contribution in [0.4, 0.5) is 0 Å². The van der Waals surface area contributed by atoms with Crippen LogP contribution in [0.1, 0.15) is 24.7 Å². The maximum atomic E-state index is 11.0. The monoisotopic (exact) mass is 364 g/mol. The van der Waals surface area contributed by atoms with Crippen molar-refractivity contribution in [3.8, 4) is 5.75 Å². The highest BCUT2D eigenvalue weighted by Gasteiger charge is 2.13. The molecule has 1 amide bonds. The number of nitrogens with one attached hydrogen (secondary N) is 1. The Morgan fingerprint density at radius 1 is 1.36 bits per heavy atom. The number of carbonyl (C=O) groups is 1. The standard InChI is InChI=1S/C17H25N5O2S/c1-4-21-16(10-9-15(18)23)19-22(17(21)25)12-20(2)11-13-5-7-14(24-3)8-6-13/h5-8H,4,9-12H2,1-3H3,(H2,18,23)/p+1. The molecule has 0 saturated carbocycles. The number of carbonyl (C=O) groups excluding carboxylic acids is 1. The first kappa shape index (κ1) is 19.1. The number of hydrogen-bond acceptors (Lipinski definition) is 4. The van der Waals surface area contributed by atoms with Crippen LogP contribution in [-0.4, -0.2) is 34.4 Å². The number of primary amides is 1. The molecule has 1 aromatic carbocycles. The van der Waals surface area contributed by atoms with Crippen molar-refractivity contribution in [1.29, 1.82) is 0 Å². The van der Waals surface area contributed by atoms with E-state index >= 15 is 0 Å². The molecule has 0 aliphatic heterocycles. The maximum Gasteiger partial charge on any atom is 0.217 e. The van der Waals surface area contributed by atoms with Gasteiger partial charge in [-0.3, -0.25) is 4.79 Å². The molecule has 0 saturated heterocycles. The van der Waals surface area contributed by atoms with Gasteiger partial charge in [-0.05, 0) is 43.4 Å². The first-order chi connectivity index (χ1) is 11.9. The van der Waals surface area contributed by atoms with Crippen LogP contribution in [0.3, 0.4) is 0 Å². The highest BCUT2D eigenvalue weighted by molar-refractivity contribution is 7.71. The summed E-state index contributed by atoms with van der Waals surface area (Å²) in [6.45, 7) is 4.25. The molecule has 8 heteroatoms. The molecular weight excluding hydrogens is 338 g/mol. The average molecular weight is 364 g/mol. The molecule has 0 fully saturated rings. The fraction of sp³-hybridized carbons (Fsp3) is 0.471. The lowest BCUT2D eigenvalue weighted by molar-refractivity contribution is -0.917. The summed E-state index contributed by atoms with van der Waals surface area (Å²) in [7, 11) is 3.76. The SMILES string of the molecule is CCn1c(CCC(N)=O)nn(C[NH+](C)Cc2ccc(OC)cc2)c1=S. The van der Waals surface area contributed by atoms with Gasteiger partial charge in [-0.2, -0.15) is 9.78 Å². The van der Waals surface area contributed by atoms with Crippen molar-refractivity contribution in [1.82, 2.24) is 14.3 Å². The fourth-order valence-electron chi connectivity index (χ4n) is 2.73. The quantitative estimate of drug-likeness (QED) is 0.636. The molecule has 2 aromatic rings. The van der Waals surface area contributed by atoms with E-state index in [2.05, 4.69) is 24.3 Å². The topological polar surface area (TPSA) is 79.5 Å². The Bertz CT molecular complexity index is 766. The molecule has 1 atom stereocenters. The average Bonchev–Trinajstić information content (AvgIpc) is 2.88. The van der Waals surface area contributed by atoms with Crippen LogP contribution in [0, 0.1) is 4.77 Å². The van der Waals surface area contributed by atoms with E-state index in [1.807, 2.05) is 28.3 Å². The first-order valence-electron chi connectivity index (χ1n) is 8.33. The Kier molecular flexibility index (Phi) is 6.72. The number of aromatic nitrogens is 3. The number of rotatable bonds is 9. The summed E-state index contributed by atoms with van der Waals surface area (Å²) >= 11 is 5.53. The highest BCUT2D eigenvalue weighted by atomic mass is 32.1. The largest absolute Gasteiger partial charge is 0.497 e. The number of amides is 1. The van der Waals surface area contributed by atoms with Gasteiger partial charge in [0.1, 0.15) is 18.1 Å². The van der Waals surface area contributed by atoms with Gasteiger partial charge in [-0.25, -0.2) is 0 Å². The Balaban J connectivity index is 2.07. The minimum absolute atomic E-state index is 0.278. The molecule has 3 N–H and O–H groups in total. The van der Waals surface area contributed by atoms with Crippen molar-refractivity contribution in [2.75, 3.05) is 14.2 Å². The Hall–Kier alpha value is -2.19. The molecule has 0 bridgehead atoms. The van der Waals surface area contributed by atoms with Gasteiger partial charge in [-0.15, -0.1) is 0 Å². The van der Waals surface area contributed by atoms with Crippen LogP contribution in [0.5, 0.6) is 5.75 Å². The number of aryl methyl sites for hydroxylation is 1. The lowest BCUT2D eigenvalue weighted by Crippen LogP contribution is -3.07. The van der Waals surface area contributed by atoms with E-state index in [4.69, 9.17) is 22.7 Å². The second kappa shape index (κ2) is 8.77. The van der Waals surface area contributed by atoms with Crippen LogP contribution in [0.2, 0.25) is 0 Å². The third-order valence-electron chi connectivity index (χ3n) is 4.00. The Morgan fingerprint density at radius 3 is 2.60 bits per heavy atom. The summed E-state index contributed by atoms with van der Waals surface area (Å²) in [4.78, 5) is 12.3. The smallest absolute Gasteiger partial charge is 0.217 e. The van der Waals surface area contributed by atoms with E-state index in [9.17, 15) is 4.79 Å². The lowest BCUT2D eigenvalue weighted by atomic mass is 10.2. The van der Waals surface area contributed by atoms with Crippen molar-refractivity contribution in [3.63, 3.8) is 0 Å². The van der Waals surface area contributed by atoms with Crippen LogP contribution >= 0.6 is 12.2 Å². The first-order valence-corrected chi connectivity index (χ1v) is 8.74. The van der Waals surface area contributed by atoms with Gasteiger partial charge >= 0.3 is 0 Å². The summed E-state index contributed by atoms with van der Waals surface area (Å²) in [6, 6.07) is 8.04. The number of ether oxygens (including phenoxy) is 1. The second-order valence-electron chi connectivity index (χ2n) is 6.05. The molecular formula is C17H26N5O2S+. The van der Waals surface area contributed by atoms with Crippen LogP contribution < -0.4 is 15.4 Å². The number of nitrogens with zero attached hydrogens (tertiary/aromatic N) is 3. The van der Waals surface area contributed by atoms with Crippen molar-refractivity contribution in [2.24, 2.45) is 5.73 Å². The summed E-state index contributed by atoms with van der Waals surface area (Å²) in [5, 5.41) is 4.59. The molecule has 0 aliphatic rings. The lowest BCUT2D eigenvalue weighted by Gasteiger charge is -2.14. The van der Waals surface area contributed by atoms with Gasteiger partial charge in [0, 0.05) is 24.9 Å². The van der Waals surface area contributed by atoms with Gasteiger partial charge in [0.05, 0.1) is 14.2 Å². The normalized spacial score (nSPS) is 12.1. The third-order valence-corrected chi connectivity index (χ3v) is 4.43. The Labute approximate surface area is 153 Å². The molecule has 7 nitrogen and oxygen atoms in total. The molecule has 25 heavy (non-hydrogen) atoms. The van der Waals surface area contributed by atoms with Gasteiger partial charge < -0.3 is 19.9 Å². The van der Waals surface area contributed by atoms with E-state index < -0.39 is 0 Å². The molecule has 1 heterocycles. The maximum absolute atomic E-state index is 11.0. The van der Waals surface area contributed by atoms with E-state index in [-0.39, 0.29) is 12.3 Å². The fourth-order valence-corrected chi connectivity index (χ4v) is 3.07. The molecule has 2 rings (SSSR count). The zero-order chi connectivity index (χ0) is 18.4. The van der Waals surface area contributed by atoms with Crippen molar-refractivity contribution >= 4 is 18.1 Å². The third kappa shape index (κ3) is 5.14. The van der Waals surface area contributed by atoms with Crippen LogP contribution in [-0.2, 0) is 31.0 Å². The number of benzene rings is 1. The molecule has 0 radical (unpaired) electrons. The summed E-state index contributed by atoms with van der Waals surface area (Å²) < 4.78 is 9.64. The molecule has 136 valence electrons. The molecule has 0 aliphatic carbocycles. The number of hydrogen-bond donors (Lipinski definition) is 2. The second-order valence-corrected chi connectivity index (χ2v) is 6.41. The number of methoxy groups -OCH3 is 1. The predicted molar refractivity (Wildman–Crippen MR) is 97.8 cm³/mol. The number of quaternary nitrogens is 1. The van der Waals surface area contributed by atoms with E-state index in [1.165, 1.54) is 10.5 Å². The van der Waals surface area contributed by atoms with E-state index in [1.54, 1.807) is 7.11 Å². The van der Waals surface area contributed by atoms with Gasteiger partial charge in [0.25, 0.3) is 0 Å². The summed E-state index contributed by atoms with van der Waals surface area (Å²) in [5.74, 6) is 1.33. The zero-order valence-corrected chi connectivity index (χ0v) is 15.8. The minimum Gasteiger partial charge on any atom is -0.497 e. The highest BCUT2D eigenvalue weighted by Crippen LogP contribution is 2.10. The zero-order valence-electron chi connectivity index (χ0n) is 15.0.